The number of nitrogens with zero attached hydrogens (tertiary/aromatic N) is 1. The fourth-order valence-corrected chi connectivity index (χ4v) is 4.46. The minimum atomic E-state index is -0.453. The molecule has 5 heteroatoms. The Balaban J connectivity index is 1.52. The van der Waals surface area contributed by atoms with E-state index >= 15 is 0 Å². The zero-order chi connectivity index (χ0) is 20.2. The average molecular weight is 391 g/mol. The lowest BCUT2D eigenvalue weighted by atomic mass is 9.82. The molecular formula is C24H25NO4. The quantitative estimate of drug-likeness (QED) is 0.542. The van der Waals surface area contributed by atoms with Gasteiger partial charge in [0.25, 0.3) is 11.8 Å². The van der Waals surface area contributed by atoms with Gasteiger partial charge in [0.05, 0.1) is 23.6 Å². The van der Waals surface area contributed by atoms with Crippen molar-refractivity contribution >= 4 is 17.8 Å². The highest BCUT2D eigenvalue weighted by Crippen LogP contribution is 2.35. The van der Waals surface area contributed by atoms with Gasteiger partial charge in [0.15, 0.2) is 0 Å². The maximum absolute atomic E-state index is 13.0. The molecule has 2 aliphatic rings. The number of ether oxygens (including phenoxy) is 1. The van der Waals surface area contributed by atoms with Crippen LogP contribution in [0, 0.1) is 5.92 Å². The molecule has 0 unspecified atom stereocenters. The van der Waals surface area contributed by atoms with E-state index in [-0.39, 0.29) is 36.7 Å². The number of carbonyl (C=O) groups is 3. The molecule has 0 saturated heterocycles. The van der Waals surface area contributed by atoms with E-state index in [1.807, 2.05) is 30.3 Å². The highest BCUT2D eigenvalue weighted by atomic mass is 16.5. The summed E-state index contributed by atoms with van der Waals surface area (Å²) in [4.78, 5) is 40.0. The summed E-state index contributed by atoms with van der Waals surface area (Å²) in [6.07, 6.45) is 5.16. The number of esters is 1. The summed E-state index contributed by atoms with van der Waals surface area (Å²) in [6, 6.07) is 15.9. The fourth-order valence-electron chi connectivity index (χ4n) is 4.46. The molecule has 2 aromatic carbocycles. The summed E-state index contributed by atoms with van der Waals surface area (Å²) in [5.41, 5.74) is 1.77. The fraction of sp³-hybridized carbons (Fsp3) is 0.375. The molecule has 1 aliphatic heterocycles. The molecule has 0 aromatic heterocycles. The van der Waals surface area contributed by atoms with Gasteiger partial charge in [0.1, 0.15) is 6.61 Å². The monoisotopic (exact) mass is 391 g/mol. The Morgan fingerprint density at radius 1 is 0.897 bits per heavy atom. The summed E-state index contributed by atoms with van der Waals surface area (Å²) < 4.78 is 5.47. The second-order valence-electron chi connectivity index (χ2n) is 7.84. The molecule has 1 fully saturated rings. The third kappa shape index (κ3) is 4.09. The minimum Gasteiger partial charge on any atom is -0.461 e. The van der Waals surface area contributed by atoms with E-state index in [1.54, 1.807) is 24.3 Å². The summed E-state index contributed by atoms with van der Waals surface area (Å²) >= 11 is 0. The second kappa shape index (κ2) is 8.60. The molecule has 2 amide bonds. The van der Waals surface area contributed by atoms with Crippen LogP contribution < -0.4 is 0 Å². The molecule has 1 atom stereocenters. The predicted octanol–water partition coefficient (Wildman–Crippen LogP) is 4.37. The van der Waals surface area contributed by atoms with Crippen molar-refractivity contribution in [1.29, 1.82) is 0 Å². The number of carbonyl (C=O) groups excluding carboxylic acids is 3. The van der Waals surface area contributed by atoms with E-state index in [0.717, 1.165) is 37.7 Å². The normalized spacial score (nSPS) is 17.9. The van der Waals surface area contributed by atoms with E-state index in [4.69, 9.17) is 4.74 Å². The van der Waals surface area contributed by atoms with Gasteiger partial charge in [-0.05, 0) is 36.5 Å². The number of amides is 2. The van der Waals surface area contributed by atoms with Crippen molar-refractivity contribution in [2.45, 2.75) is 51.2 Å². The Morgan fingerprint density at radius 2 is 1.48 bits per heavy atom. The molecule has 1 heterocycles. The first-order valence-corrected chi connectivity index (χ1v) is 10.3. The van der Waals surface area contributed by atoms with Gasteiger partial charge in [-0.15, -0.1) is 0 Å². The smallest absolute Gasteiger partial charge is 0.308 e. The summed E-state index contributed by atoms with van der Waals surface area (Å²) in [5.74, 6) is -0.828. The molecule has 29 heavy (non-hydrogen) atoms. The van der Waals surface area contributed by atoms with Gasteiger partial charge in [0.2, 0.25) is 0 Å². The third-order valence-electron chi connectivity index (χ3n) is 5.97. The average Bonchev–Trinajstić information content (AvgIpc) is 3.02. The molecule has 1 saturated carbocycles. The van der Waals surface area contributed by atoms with E-state index in [1.165, 1.54) is 4.90 Å². The lowest BCUT2D eigenvalue weighted by Crippen LogP contribution is -2.46. The minimum absolute atomic E-state index is 0.0446. The maximum atomic E-state index is 13.0. The van der Waals surface area contributed by atoms with Crippen LogP contribution in [0.15, 0.2) is 54.6 Å². The Hall–Kier alpha value is -2.95. The largest absolute Gasteiger partial charge is 0.461 e. The van der Waals surface area contributed by atoms with Gasteiger partial charge in [0, 0.05) is 0 Å². The molecule has 2 aromatic rings. The van der Waals surface area contributed by atoms with Crippen molar-refractivity contribution in [2.75, 3.05) is 0 Å². The second-order valence-corrected chi connectivity index (χ2v) is 7.84. The van der Waals surface area contributed by atoms with Gasteiger partial charge in [-0.25, -0.2) is 0 Å². The lowest BCUT2D eigenvalue weighted by molar-refractivity contribution is -0.146. The molecule has 1 aliphatic carbocycles. The number of hydrogen-bond donors (Lipinski definition) is 0. The summed E-state index contributed by atoms with van der Waals surface area (Å²) in [7, 11) is 0. The molecule has 0 radical (unpaired) electrons. The molecule has 4 rings (SSSR count). The highest BCUT2D eigenvalue weighted by molar-refractivity contribution is 6.21. The van der Waals surface area contributed by atoms with Crippen LogP contribution in [-0.4, -0.2) is 28.7 Å². The zero-order valence-electron chi connectivity index (χ0n) is 16.4. The Morgan fingerprint density at radius 3 is 2.10 bits per heavy atom. The van der Waals surface area contributed by atoms with Crippen molar-refractivity contribution in [2.24, 2.45) is 5.92 Å². The first kappa shape index (κ1) is 19.4. The van der Waals surface area contributed by atoms with Gasteiger partial charge in [-0.1, -0.05) is 61.7 Å². The number of hydrogen-bond acceptors (Lipinski definition) is 4. The topological polar surface area (TPSA) is 63.7 Å². The van der Waals surface area contributed by atoms with Crippen LogP contribution in [0.1, 0.15) is 64.8 Å². The standard InChI is InChI=1S/C24H25NO4/c26-22(29-16-17-9-3-1-4-10-17)15-21(18-11-5-2-6-12-18)25-23(27)19-13-7-8-14-20(19)24(25)28/h1,3-4,7-10,13-14,18,21H,2,5-6,11-12,15-16H2/t21-/m0/s1. The molecular weight excluding hydrogens is 366 g/mol. The van der Waals surface area contributed by atoms with Crippen molar-refractivity contribution < 1.29 is 19.1 Å². The molecule has 150 valence electrons. The van der Waals surface area contributed by atoms with E-state index in [0.29, 0.717) is 11.1 Å². The van der Waals surface area contributed by atoms with Gasteiger partial charge < -0.3 is 4.74 Å². The number of fused-ring (bicyclic) bond motifs is 1. The van der Waals surface area contributed by atoms with Crippen LogP contribution in [0.2, 0.25) is 0 Å². The molecule has 5 nitrogen and oxygen atoms in total. The van der Waals surface area contributed by atoms with Crippen LogP contribution in [-0.2, 0) is 16.1 Å². The zero-order valence-corrected chi connectivity index (χ0v) is 16.4. The third-order valence-corrected chi connectivity index (χ3v) is 5.97. The number of rotatable bonds is 6. The van der Waals surface area contributed by atoms with Crippen molar-refractivity contribution in [3.05, 3.63) is 71.3 Å². The highest BCUT2D eigenvalue weighted by Gasteiger charge is 2.43. The van der Waals surface area contributed by atoms with E-state index in [9.17, 15) is 14.4 Å². The lowest BCUT2D eigenvalue weighted by Gasteiger charge is -2.35. The first-order valence-electron chi connectivity index (χ1n) is 10.3. The Kier molecular flexibility index (Phi) is 5.74. The Labute approximate surface area is 170 Å². The number of benzene rings is 2. The van der Waals surface area contributed by atoms with Gasteiger partial charge >= 0.3 is 5.97 Å². The molecule has 0 spiro atoms. The van der Waals surface area contributed by atoms with Crippen LogP contribution in [0.4, 0.5) is 0 Å². The van der Waals surface area contributed by atoms with Crippen molar-refractivity contribution in [3.63, 3.8) is 0 Å². The van der Waals surface area contributed by atoms with Crippen LogP contribution in [0.5, 0.6) is 0 Å². The molecule has 0 bridgehead atoms. The van der Waals surface area contributed by atoms with Crippen molar-refractivity contribution in [3.8, 4) is 0 Å². The van der Waals surface area contributed by atoms with Gasteiger partial charge in [-0.3, -0.25) is 19.3 Å². The SMILES string of the molecule is O=C(C[C@@H](C1CCCCC1)N1C(=O)c2ccccc2C1=O)OCc1ccccc1. The van der Waals surface area contributed by atoms with Crippen molar-refractivity contribution in [1.82, 2.24) is 4.90 Å². The van der Waals surface area contributed by atoms with Crippen LogP contribution in [0.25, 0.3) is 0 Å². The Bertz CT molecular complexity index is 867. The van der Waals surface area contributed by atoms with Gasteiger partial charge in [-0.2, -0.15) is 0 Å². The van der Waals surface area contributed by atoms with Crippen LogP contribution >= 0.6 is 0 Å². The van der Waals surface area contributed by atoms with E-state index in [2.05, 4.69) is 0 Å². The molecule has 0 N–H and O–H groups in total. The predicted molar refractivity (Wildman–Crippen MR) is 108 cm³/mol. The summed E-state index contributed by atoms with van der Waals surface area (Å²) in [5, 5.41) is 0. The van der Waals surface area contributed by atoms with E-state index < -0.39 is 6.04 Å². The summed E-state index contributed by atoms with van der Waals surface area (Å²) in [6.45, 7) is 0.194. The van der Waals surface area contributed by atoms with Crippen LogP contribution in [0.3, 0.4) is 0 Å². The maximum Gasteiger partial charge on any atom is 0.308 e. The first-order chi connectivity index (χ1) is 14.1. The number of imide groups is 1.